The van der Waals surface area contributed by atoms with E-state index in [1.54, 1.807) is 24.3 Å². The van der Waals surface area contributed by atoms with E-state index in [2.05, 4.69) is 0 Å². The molecule has 0 aromatic heterocycles. The molecule has 36 heavy (non-hydrogen) atoms. The van der Waals surface area contributed by atoms with Crippen LogP contribution >= 0.6 is 11.6 Å². The summed E-state index contributed by atoms with van der Waals surface area (Å²) in [5.74, 6) is -2.10. The molecule has 192 valence electrons. The van der Waals surface area contributed by atoms with Crippen molar-refractivity contribution in [3.8, 4) is 11.5 Å². The van der Waals surface area contributed by atoms with Crippen LogP contribution in [0.15, 0.2) is 36.4 Å². The van der Waals surface area contributed by atoms with Gasteiger partial charge in [-0.2, -0.15) is 0 Å². The van der Waals surface area contributed by atoms with Crippen molar-refractivity contribution in [1.82, 2.24) is 4.90 Å². The van der Waals surface area contributed by atoms with Gasteiger partial charge in [0.05, 0.1) is 26.3 Å². The molecule has 1 aliphatic rings. The number of carbonyl (C=O) groups is 4. The number of ether oxygens (including phenoxy) is 2. The molecule has 0 spiro atoms. The maximum Gasteiger partial charge on any atom is 0.335 e. The van der Waals surface area contributed by atoms with E-state index in [1.165, 1.54) is 26.4 Å². The van der Waals surface area contributed by atoms with Gasteiger partial charge in [-0.25, -0.2) is 4.79 Å². The summed E-state index contributed by atoms with van der Waals surface area (Å²) >= 11 is 6.14. The number of imide groups is 1. The largest absolute Gasteiger partial charge is 0.496 e. The van der Waals surface area contributed by atoms with E-state index in [1.807, 2.05) is 6.92 Å². The van der Waals surface area contributed by atoms with Crippen LogP contribution in [0.2, 0.25) is 5.02 Å². The Labute approximate surface area is 215 Å². The molecule has 2 aromatic carbocycles. The third-order valence-electron chi connectivity index (χ3n) is 6.56. The normalized spacial score (nSPS) is 16.9. The van der Waals surface area contributed by atoms with Gasteiger partial charge >= 0.3 is 5.97 Å². The Morgan fingerprint density at radius 2 is 1.81 bits per heavy atom. The second kappa shape index (κ2) is 12.0. The number of Topliss-reactive ketones (excluding diaryl/α,β-unsaturated/α-hetero) is 1. The molecule has 1 heterocycles. The number of rotatable bonds is 9. The molecular formula is C27H30ClNO7. The van der Waals surface area contributed by atoms with Crippen LogP contribution in [0.4, 0.5) is 0 Å². The van der Waals surface area contributed by atoms with E-state index < -0.39 is 29.6 Å². The average Bonchev–Trinajstić information content (AvgIpc) is 3.00. The van der Waals surface area contributed by atoms with Crippen LogP contribution in [0.5, 0.6) is 11.5 Å². The fraction of sp³-hybridized carbons (Fsp3) is 0.407. The zero-order chi connectivity index (χ0) is 26.4. The van der Waals surface area contributed by atoms with E-state index in [0.717, 1.165) is 10.5 Å². The summed E-state index contributed by atoms with van der Waals surface area (Å²) < 4.78 is 10.8. The Hall–Kier alpha value is -3.39. The van der Waals surface area contributed by atoms with E-state index in [9.17, 15) is 24.3 Å². The van der Waals surface area contributed by atoms with Gasteiger partial charge in [-0.1, -0.05) is 18.5 Å². The number of carbonyl (C=O) groups excluding carboxylic acids is 3. The minimum Gasteiger partial charge on any atom is -0.496 e. The highest BCUT2D eigenvalue weighted by atomic mass is 35.5. The molecule has 1 aliphatic heterocycles. The van der Waals surface area contributed by atoms with Gasteiger partial charge in [-0.15, -0.1) is 0 Å². The lowest BCUT2D eigenvalue weighted by Gasteiger charge is -2.25. The first-order valence-electron chi connectivity index (χ1n) is 11.8. The zero-order valence-electron chi connectivity index (χ0n) is 20.6. The summed E-state index contributed by atoms with van der Waals surface area (Å²) in [6, 6.07) is 9.62. The van der Waals surface area contributed by atoms with Gasteiger partial charge in [-0.3, -0.25) is 19.3 Å². The van der Waals surface area contributed by atoms with Crippen molar-refractivity contribution in [1.29, 1.82) is 0 Å². The Kier molecular flexibility index (Phi) is 9.09. The topological polar surface area (TPSA) is 110 Å². The Morgan fingerprint density at radius 1 is 1.11 bits per heavy atom. The van der Waals surface area contributed by atoms with E-state index in [0.29, 0.717) is 34.9 Å². The summed E-state index contributed by atoms with van der Waals surface area (Å²) in [6.45, 7) is 1.60. The first-order chi connectivity index (χ1) is 17.2. The van der Waals surface area contributed by atoms with Crippen LogP contribution in [-0.4, -0.2) is 54.3 Å². The third-order valence-corrected chi connectivity index (χ3v) is 6.80. The molecule has 8 nitrogen and oxygen atoms in total. The maximum absolute atomic E-state index is 13.5. The Bertz CT molecular complexity index is 1160. The summed E-state index contributed by atoms with van der Waals surface area (Å²) in [7, 11) is 3.00. The maximum atomic E-state index is 13.5. The minimum atomic E-state index is -1.09. The van der Waals surface area contributed by atoms with Gasteiger partial charge in [0, 0.05) is 23.8 Å². The number of likely N-dealkylation sites (tertiary alicyclic amines) is 1. The molecule has 0 radical (unpaired) electrons. The molecule has 2 unspecified atom stereocenters. The van der Waals surface area contributed by atoms with Crippen molar-refractivity contribution in [3.05, 3.63) is 58.1 Å². The highest BCUT2D eigenvalue weighted by Crippen LogP contribution is 2.34. The number of halogens is 1. The van der Waals surface area contributed by atoms with E-state index in [-0.39, 0.29) is 37.2 Å². The molecule has 0 bridgehead atoms. The summed E-state index contributed by atoms with van der Waals surface area (Å²) in [4.78, 5) is 51.9. The molecule has 1 N–H and O–H groups in total. The Morgan fingerprint density at radius 3 is 2.44 bits per heavy atom. The summed E-state index contributed by atoms with van der Waals surface area (Å²) in [5, 5.41) is 9.90. The van der Waals surface area contributed by atoms with Crippen LogP contribution in [0, 0.1) is 5.92 Å². The van der Waals surface area contributed by atoms with Crippen molar-refractivity contribution in [2.75, 3.05) is 20.8 Å². The fourth-order valence-corrected chi connectivity index (χ4v) is 4.76. The van der Waals surface area contributed by atoms with Gasteiger partial charge in [-0.05, 0) is 72.7 Å². The predicted octanol–water partition coefficient (Wildman–Crippen LogP) is 4.52. The van der Waals surface area contributed by atoms with Crippen molar-refractivity contribution in [3.63, 3.8) is 0 Å². The smallest absolute Gasteiger partial charge is 0.335 e. The molecule has 1 fully saturated rings. The van der Waals surface area contributed by atoms with Gasteiger partial charge in [0.2, 0.25) is 11.8 Å². The second-order valence-corrected chi connectivity index (χ2v) is 9.26. The van der Waals surface area contributed by atoms with Gasteiger partial charge in [0.1, 0.15) is 11.5 Å². The van der Waals surface area contributed by atoms with Crippen molar-refractivity contribution in [2.45, 2.75) is 44.9 Å². The number of aromatic carboxylic acids is 1. The molecule has 0 aliphatic carbocycles. The molecule has 2 amide bonds. The standard InChI is InChI=1S/C27H30ClNO7/c1-4-16(22-13-18(27(33)34)6-9-24(22)36-3)14-25(31)29-15-21(30)8-5-17(26(29)32)11-19-12-20(28)7-10-23(19)35-2/h6-7,9-10,12-13,16-17H,4-5,8,11,14-15H2,1-3H3,(H,33,34). The highest BCUT2D eigenvalue weighted by Gasteiger charge is 2.35. The van der Waals surface area contributed by atoms with Crippen LogP contribution < -0.4 is 9.47 Å². The summed E-state index contributed by atoms with van der Waals surface area (Å²) in [5.41, 5.74) is 1.38. The first-order valence-corrected chi connectivity index (χ1v) is 12.2. The van der Waals surface area contributed by atoms with Crippen molar-refractivity contribution < 1.29 is 33.8 Å². The number of carboxylic acids is 1. The van der Waals surface area contributed by atoms with Gasteiger partial charge < -0.3 is 14.6 Å². The predicted molar refractivity (Wildman–Crippen MR) is 134 cm³/mol. The average molecular weight is 516 g/mol. The number of hydrogen-bond donors (Lipinski definition) is 1. The molecule has 2 aromatic rings. The second-order valence-electron chi connectivity index (χ2n) is 8.82. The van der Waals surface area contributed by atoms with E-state index in [4.69, 9.17) is 21.1 Å². The quantitative estimate of drug-likeness (QED) is 0.523. The number of methoxy groups -OCH3 is 2. The molecule has 0 saturated carbocycles. The lowest BCUT2D eigenvalue weighted by atomic mass is 9.90. The van der Waals surface area contributed by atoms with E-state index >= 15 is 0 Å². The molecule has 9 heteroatoms. The van der Waals surface area contributed by atoms with Crippen molar-refractivity contribution in [2.24, 2.45) is 5.92 Å². The number of nitrogens with zero attached hydrogens (tertiary/aromatic N) is 1. The summed E-state index contributed by atoms with van der Waals surface area (Å²) in [6.07, 6.45) is 1.23. The number of ketones is 1. The van der Waals surface area contributed by atoms with Crippen LogP contribution in [0.1, 0.15) is 60.0 Å². The Balaban J connectivity index is 1.86. The zero-order valence-corrected chi connectivity index (χ0v) is 21.3. The van der Waals surface area contributed by atoms with Crippen LogP contribution in [0.3, 0.4) is 0 Å². The van der Waals surface area contributed by atoms with Gasteiger partial charge in [0.25, 0.3) is 0 Å². The minimum absolute atomic E-state index is 0.0673. The number of carboxylic acid groups (broad SMARTS) is 1. The highest BCUT2D eigenvalue weighted by molar-refractivity contribution is 6.30. The van der Waals surface area contributed by atoms with Crippen molar-refractivity contribution >= 4 is 35.2 Å². The van der Waals surface area contributed by atoms with Gasteiger partial charge in [0.15, 0.2) is 5.78 Å². The van der Waals surface area contributed by atoms with Crippen LogP contribution in [0.25, 0.3) is 0 Å². The number of amides is 2. The third kappa shape index (κ3) is 6.23. The first kappa shape index (κ1) is 27.2. The van der Waals surface area contributed by atoms with Crippen LogP contribution in [-0.2, 0) is 20.8 Å². The molecular weight excluding hydrogens is 486 g/mol. The lowest BCUT2D eigenvalue weighted by molar-refractivity contribution is -0.148. The number of benzene rings is 2. The number of hydrogen-bond acceptors (Lipinski definition) is 6. The molecule has 3 rings (SSSR count). The molecule has 2 atom stereocenters. The monoisotopic (exact) mass is 515 g/mol. The SMILES string of the molecule is CCC(CC(=O)N1CC(=O)CCC(Cc2cc(Cl)ccc2OC)C1=O)c1cc(C(=O)O)ccc1OC. The lowest BCUT2D eigenvalue weighted by Crippen LogP contribution is -2.42. The molecule has 1 saturated heterocycles. The fourth-order valence-electron chi connectivity index (χ4n) is 4.57.